The van der Waals surface area contributed by atoms with E-state index in [-0.39, 0.29) is 11.9 Å². The molecule has 0 heterocycles. The molecule has 0 aliphatic heterocycles. The first-order chi connectivity index (χ1) is 8.53. The summed E-state index contributed by atoms with van der Waals surface area (Å²) in [4.78, 5) is 11.9. The summed E-state index contributed by atoms with van der Waals surface area (Å²) in [5, 5.41) is 3.42. The Balaban J connectivity index is 2.50. The second kappa shape index (κ2) is 7.36. The van der Waals surface area contributed by atoms with Crippen molar-refractivity contribution in [3.63, 3.8) is 0 Å². The Kier molecular flexibility index (Phi) is 6.46. The number of hydrogen-bond donors (Lipinski definition) is 2. The molecule has 1 amide bonds. The summed E-state index contributed by atoms with van der Waals surface area (Å²) in [5.74, 6) is 2.01. The Bertz CT molecular complexity index is 270. The van der Waals surface area contributed by atoms with E-state index in [1.54, 1.807) is 18.9 Å². The lowest BCUT2D eigenvalue weighted by atomic mass is 9.93. The van der Waals surface area contributed by atoms with Gasteiger partial charge in [-0.3, -0.25) is 4.79 Å². The molecule has 0 spiro atoms. The van der Waals surface area contributed by atoms with E-state index in [1.807, 2.05) is 0 Å². The Hall–Kier alpha value is -0.260. The van der Waals surface area contributed by atoms with Crippen molar-refractivity contribution in [1.29, 1.82) is 0 Å². The molecule has 0 bridgehead atoms. The van der Waals surface area contributed by atoms with Gasteiger partial charge in [-0.25, -0.2) is 0 Å². The highest BCUT2D eigenvalue weighted by molar-refractivity contribution is 7.99. The number of nitrogens with one attached hydrogen (secondary N) is 1. The molecule has 0 aromatic heterocycles. The highest BCUT2D eigenvalue weighted by Crippen LogP contribution is 2.41. The summed E-state index contributed by atoms with van der Waals surface area (Å²) < 4.78 is 5.03. The molecule has 1 rings (SSSR count). The summed E-state index contributed by atoms with van der Waals surface area (Å²) in [7, 11) is 1.71. The van der Waals surface area contributed by atoms with Gasteiger partial charge in [-0.1, -0.05) is 0 Å². The minimum atomic E-state index is -0.508. The number of thioether (sulfide) groups is 1. The van der Waals surface area contributed by atoms with Crippen molar-refractivity contribution >= 4 is 17.7 Å². The first-order valence-electron chi connectivity index (χ1n) is 6.67. The first-order valence-corrected chi connectivity index (χ1v) is 7.82. The average Bonchev–Trinajstić information content (AvgIpc) is 3.10. The molecule has 18 heavy (non-hydrogen) atoms. The number of amides is 1. The lowest BCUT2D eigenvalue weighted by molar-refractivity contribution is -0.124. The van der Waals surface area contributed by atoms with E-state index < -0.39 is 5.54 Å². The molecule has 0 aromatic carbocycles. The van der Waals surface area contributed by atoms with Crippen LogP contribution in [0, 0.1) is 5.92 Å². The first kappa shape index (κ1) is 15.8. The second-order valence-corrected chi connectivity index (χ2v) is 6.41. The number of ether oxygens (including phenoxy) is 1. The third-order valence-electron chi connectivity index (χ3n) is 3.23. The highest BCUT2D eigenvalue weighted by atomic mass is 32.2. The van der Waals surface area contributed by atoms with Crippen LogP contribution in [-0.4, -0.2) is 42.7 Å². The van der Waals surface area contributed by atoms with Crippen molar-refractivity contribution in [3.8, 4) is 0 Å². The van der Waals surface area contributed by atoms with Gasteiger partial charge in [-0.2, -0.15) is 11.8 Å². The van der Waals surface area contributed by atoms with Crippen LogP contribution in [0.4, 0.5) is 0 Å². The maximum atomic E-state index is 11.9. The molecule has 0 saturated heterocycles. The monoisotopic (exact) mass is 274 g/mol. The van der Waals surface area contributed by atoms with Crippen molar-refractivity contribution in [1.82, 2.24) is 5.32 Å². The van der Waals surface area contributed by atoms with Crippen LogP contribution in [-0.2, 0) is 9.53 Å². The maximum Gasteiger partial charge on any atom is 0.238 e. The lowest BCUT2D eigenvalue weighted by Gasteiger charge is -2.34. The predicted octanol–water partition coefficient (Wildman–Crippen LogP) is 1.39. The number of methoxy groups -OCH3 is 1. The largest absolute Gasteiger partial charge is 0.385 e. The van der Waals surface area contributed by atoms with Gasteiger partial charge >= 0.3 is 0 Å². The van der Waals surface area contributed by atoms with Gasteiger partial charge in [0, 0.05) is 25.5 Å². The average molecular weight is 274 g/mol. The van der Waals surface area contributed by atoms with Crippen LogP contribution in [0.2, 0.25) is 0 Å². The molecule has 0 aromatic rings. The van der Waals surface area contributed by atoms with E-state index in [9.17, 15) is 4.79 Å². The molecule has 1 atom stereocenters. The molecular formula is C13H26N2O2S. The fourth-order valence-electron chi connectivity index (χ4n) is 2.25. The van der Waals surface area contributed by atoms with Crippen molar-refractivity contribution in [2.24, 2.45) is 11.7 Å². The summed E-state index contributed by atoms with van der Waals surface area (Å²) in [6.07, 6.45) is 3.24. The standard InChI is InChI=1S/C13H26N2O2S/c1-10(2)15-13(12(14)16,11-5-6-11)9-18-8-4-7-17-3/h10-11,15H,4-9H2,1-3H3,(H2,14,16). The molecule has 1 fully saturated rings. The number of rotatable bonds is 10. The Morgan fingerprint density at radius 2 is 2.22 bits per heavy atom. The number of primary amides is 1. The van der Waals surface area contributed by atoms with E-state index in [1.165, 1.54) is 0 Å². The maximum absolute atomic E-state index is 11.9. The van der Waals surface area contributed by atoms with Crippen molar-refractivity contribution in [3.05, 3.63) is 0 Å². The van der Waals surface area contributed by atoms with Crippen molar-refractivity contribution in [2.75, 3.05) is 25.2 Å². The van der Waals surface area contributed by atoms with E-state index in [0.717, 1.165) is 37.4 Å². The van der Waals surface area contributed by atoms with Gasteiger partial charge in [0.05, 0.1) is 0 Å². The van der Waals surface area contributed by atoms with Crippen LogP contribution in [0.5, 0.6) is 0 Å². The van der Waals surface area contributed by atoms with Crippen LogP contribution >= 0.6 is 11.8 Å². The number of nitrogens with two attached hydrogens (primary N) is 1. The van der Waals surface area contributed by atoms with E-state index in [4.69, 9.17) is 10.5 Å². The molecule has 1 aliphatic carbocycles. The third kappa shape index (κ3) is 4.44. The van der Waals surface area contributed by atoms with Gasteiger partial charge < -0.3 is 15.8 Å². The van der Waals surface area contributed by atoms with Gasteiger partial charge in [0.25, 0.3) is 0 Å². The summed E-state index contributed by atoms with van der Waals surface area (Å²) >= 11 is 1.80. The number of carbonyl (C=O) groups excluding carboxylic acids is 1. The summed E-state index contributed by atoms with van der Waals surface area (Å²) in [5.41, 5.74) is 5.15. The molecule has 4 nitrogen and oxygen atoms in total. The minimum Gasteiger partial charge on any atom is -0.385 e. The molecule has 1 unspecified atom stereocenters. The number of carbonyl (C=O) groups is 1. The summed E-state index contributed by atoms with van der Waals surface area (Å²) in [6, 6.07) is 0.276. The Morgan fingerprint density at radius 3 is 2.67 bits per heavy atom. The molecule has 5 heteroatoms. The summed E-state index contributed by atoms with van der Waals surface area (Å²) in [6.45, 7) is 4.91. The zero-order valence-corrected chi connectivity index (χ0v) is 12.5. The fourth-order valence-corrected chi connectivity index (χ4v) is 3.50. The molecule has 1 aliphatic rings. The highest BCUT2D eigenvalue weighted by Gasteiger charge is 2.49. The van der Waals surface area contributed by atoms with E-state index in [0.29, 0.717) is 5.92 Å². The molecule has 1 saturated carbocycles. The Morgan fingerprint density at radius 1 is 1.56 bits per heavy atom. The smallest absolute Gasteiger partial charge is 0.238 e. The Labute approximate surface area is 114 Å². The van der Waals surface area contributed by atoms with Crippen LogP contribution in [0.15, 0.2) is 0 Å². The molecule has 0 radical (unpaired) electrons. The molecular weight excluding hydrogens is 248 g/mol. The normalized spacial score (nSPS) is 18.9. The van der Waals surface area contributed by atoms with E-state index >= 15 is 0 Å². The van der Waals surface area contributed by atoms with Crippen LogP contribution in [0.25, 0.3) is 0 Å². The predicted molar refractivity (Wildman–Crippen MR) is 76.7 cm³/mol. The van der Waals surface area contributed by atoms with Crippen molar-refractivity contribution in [2.45, 2.75) is 44.7 Å². The molecule has 106 valence electrons. The zero-order chi connectivity index (χ0) is 13.6. The molecule has 3 N–H and O–H groups in total. The third-order valence-corrected chi connectivity index (χ3v) is 4.46. The van der Waals surface area contributed by atoms with Gasteiger partial charge in [0.1, 0.15) is 5.54 Å². The van der Waals surface area contributed by atoms with Gasteiger partial charge in [-0.15, -0.1) is 0 Å². The fraction of sp³-hybridized carbons (Fsp3) is 0.923. The van der Waals surface area contributed by atoms with E-state index in [2.05, 4.69) is 19.2 Å². The SMILES string of the molecule is COCCCSCC(NC(C)C)(C(N)=O)C1CC1. The van der Waals surface area contributed by atoms with Crippen LogP contribution in [0.3, 0.4) is 0 Å². The quantitative estimate of drug-likeness (QED) is 0.591. The van der Waals surface area contributed by atoms with Gasteiger partial charge in [0.2, 0.25) is 5.91 Å². The minimum absolute atomic E-state index is 0.196. The number of hydrogen-bond acceptors (Lipinski definition) is 4. The van der Waals surface area contributed by atoms with Gasteiger partial charge in [-0.05, 0) is 44.8 Å². The van der Waals surface area contributed by atoms with Crippen LogP contribution in [0.1, 0.15) is 33.1 Å². The second-order valence-electron chi connectivity index (χ2n) is 5.31. The lowest BCUT2D eigenvalue weighted by Crippen LogP contribution is -2.61. The zero-order valence-electron chi connectivity index (χ0n) is 11.7. The van der Waals surface area contributed by atoms with Gasteiger partial charge in [0.15, 0.2) is 0 Å². The van der Waals surface area contributed by atoms with Crippen molar-refractivity contribution < 1.29 is 9.53 Å². The van der Waals surface area contributed by atoms with Crippen LogP contribution < -0.4 is 11.1 Å². The topological polar surface area (TPSA) is 64.3 Å².